The van der Waals surface area contributed by atoms with Crippen molar-refractivity contribution in [3.8, 4) is 5.75 Å². The summed E-state index contributed by atoms with van der Waals surface area (Å²) in [6.07, 6.45) is 4.24. The standard InChI is InChI=1S/C24H33N3O4S/c1-18(20-8-10-22(11-9-20)27-16-6-5-7-17-27)25-24(28)19(2)31-23-14-12-21(13-15-23)26(3)32(4,29)30/h8-15,18-19H,5-7,16-17H2,1-4H3,(H,25,28)/t18-,19-/m0/s1. The van der Waals surface area contributed by atoms with Crippen molar-refractivity contribution in [2.45, 2.75) is 45.3 Å². The first-order valence-corrected chi connectivity index (χ1v) is 12.9. The first-order valence-electron chi connectivity index (χ1n) is 11.0. The van der Waals surface area contributed by atoms with E-state index in [1.807, 2.05) is 6.92 Å². The van der Waals surface area contributed by atoms with Crippen LogP contribution in [0.25, 0.3) is 0 Å². The van der Waals surface area contributed by atoms with Gasteiger partial charge in [-0.3, -0.25) is 9.10 Å². The SMILES string of the molecule is C[C@H](Oc1ccc(N(C)S(C)(=O)=O)cc1)C(=O)N[C@@H](C)c1ccc(N2CCCCC2)cc1. The summed E-state index contributed by atoms with van der Waals surface area (Å²) >= 11 is 0. The molecule has 1 aliphatic rings. The van der Waals surface area contributed by atoms with E-state index in [-0.39, 0.29) is 11.9 Å². The van der Waals surface area contributed by atoms with Gasteiger partial charge in [-0.15, -0.1) is 0 Å². The van der Waals surface area contributed by atoms with Crippen molar-refractivity contribution in [1.82, 2.24) is 5.32 Å². The van der Waals surface area contributed by atoms with Gasteiger partial charge >= 0.3 is 0 Å². The lowest BCUT2D eigenvalue weighted by Crippen LogP contribution is -2.37. The first kappa shape index (κ1) is 23.9. The highest BCUT2D eigenvalue weighted by Gasteiger charge is 2.19. The summed E-state index contributed by atoms with van der Waals surface area (Å²) in [5, 5.41) is 3.00. The van der Waals surface area contributed by atoms with E-state index < -0.39 is 16.1 Å². The number of nitrogens with zero attached hydrogens (tertiary/aromatic N) is 2. The Morgan fingerprint density at radius 2 is 1.59 bits per heavy atom. The number of carbonyl (C=O) groups excluding carboxylic acids is 1. The molecule has 2 aromatic carbocycles. The number of nitrogens with one attached hydrogen (secondary N) is 1. The van der Waals surface area contributed by atoms with Crippen molar-refractivity contribution in [3.05, 3.63) is 54.1 Å². The topological polar surface area (TPSA) is 78.9 Å². The molecule has 0 bridgehead atoms. The average Bonchev–Trinajstić information content (AvgIpc) is 2.79. The van der Waals surface area contributed by atoms with Gasteiger partial charge in [0.15, 0.2) is 6.10 Å². The highest BCUT2D eigenvalue weighted by atomic mass is 32.2. The van der Waals surface area contributed by atoms with Crippen LogP contribution in [0.5, 0.6) is 5.75 Å². The number of anilines is 2. The number of sulfonamides is 1. The Morgan fingerprint density at radius 1 is 1.00 bits per heavy atom. The molecule has 1 aliphatic heterocycles. The van der Waals surface area contributed by atoms with E-state index in [0.29, 0.717) is 11.4 Å². The van der Waals surface area contributed by atoms with E-state index in [4.69, 9.17) is 4.74 Å². The molecule has 1 saturated heterocycles. The molecule has 0 spiro atoms. The second kappa shape index (κ2) is 10.3. The normalized spacial score (nSPS) is 16.2. The van der Waals surface area contributed by atoms with Crippen molar-refractivity contribution in [1.29, 1.82) is 0 Å². The summed E-state index contributed by atoms with van der Waals surface area (Å²) in [7, 11) is -1.84. The van der Waals surface area contributed by atoms with Crippen molar-refractivity contribution in [2.75, 3.05) is 35.6 Å². The van der Waals surface area contributed by atoms with Gasteiger partial charge in [0.2, 0.25) is 10.0 Å². The third-order valence-corrected chi connectivity index (χ3v) is 7.06. The maximum Gasteiger partial charge on any atom is 0.261 e. The number of benzene rings is 2. The Balaban J connectivity index is 1.54. The molecule has 0 saturated carbocycles. The van der Waals surface area contributed by atoms with Gasteiger partial charge in [-0.1, -0.05) is 12.1 Å². The van der Waals surface area contributed by atoms with Gasteiger partial charge in [-0.2, -0.15) is 0 Å². The van der Waals surface area contributed by atoms with E-state index in [1.165, 1.54) is 36.3 Å². The predicted octanol–water partition coefficient (Wildman–Crippen LogP) is 3.72. The van der Waals surface area contributed by atoms with Crippen LogP contribution in [-0.4, -0.2) is 46.8 Å². The van der Waals surface area contributed by atoms with Gasteiger partial charge in [-0.25, -0.2) is 8.42 Å². The van der Waals surface area contributed by atoms with E-state index in [9.17, 15) is 13.2 Å². The largest absolute Gasteiger partial charge is 0.481 e. The Kier molecular flexibility index (Phi) is 7.66. The first-order chi connectivity index (χ1) is 15.1. The number of rotatable bonds is 8. The highest BCUT2D eigenvalue weighted by molar-refractivity contribution is 7.92. The van der Waals surface area contributed by atoms with Crippen LogP contribution in [0.2, 0.25) is 0 Å². The molecule has 8 heteroatoms. The zero-order valence-electron chi connectivity index (χ0n) is 19.2. The molecular weight excluding hydrogens is 426 g/mol. The van der Waals surface area contributed by atoms with Crippen molar-refractivity contribution in [2.24, 2.45) is 0 Å². The zero-order valence-corrected chi connectivity index (χ0v) is 20.1. The molecule has 2 aromatic rings. The molecule has 7 nitrogen and oxygen atoms in total. The summed E-state index contributed by atoms with van der Waals surface area (Å²) in [6, 6.07) is 14.8. The Labute approximate surface area is 191 Å². The lowest BCUT2D eigenvalue weighted by Gasteiger charge is -2.29. The van der Waals surface area contributed by atoms with Gasteiger partial charge in [-0.05, 0) is 75.1 Å². The lowest BCUT2D eigenvalue weighted by atomic mass is 10.1. The van der Waals surface area contributed by atoms with E-state index >= 15 is 0 Å². The third kappa shape index (κ3) is 6.16. The third-order valence-electron chi connectivity index (χ3n) is 5.85. The number of ether oxygens (including phenoxy) is 1. The predicted molar refractivity (Wildman–Crippen MR) is 129 cm³/mol. The quantitative estimate of drug-likeness (QED) is 0.651. The minimum absolute atomic E-state index is 0.144. The van der Waals surface area contributed by atoms with Crippen LogP contribution in [0.15, 0.2) is 48.5 Å². The van der Waals surface area contributed by atoms with Crippen LogP contribution in [0.1, 0.15) is 44.7 Å². The molecule has 174 valence electrons. The molecule has 0 unspecified atom stereocenters. The van der Waals surface area contributed by atoms with Gasteiger partial charge in [0.1, 0.15) is 5.75 Å². The fourth-order valence-electron chi connectivity index (χ4n) is 3.72. The summed E-state index contributed by atoms with van der Waals surface area (Å²) in [6.45, 7) is 5.85. The minimum Gasteiger partial charge on any atom is -0.481 e. The van der Waals surface area contributed by atoms with Crippen molar-refractivity contribution >= 4 is 27.3 Å². The molecular formula is C24H33N3O4S. The van der Waals surface area contributed by atoms with Gasteiger partial charge in [0, 0.05) is 25.8 Å². The maximum atomic E-state index is 12.6. The minimum atomic E-state index is -3.33. The van der Waals surface area contributed by atoms with E-state index in [1.54, 1.807) is 31.2 Å². The summed E-state index contributed by atoms with van der Waals surface area (Å²) < 4.78 is 30.2. The summed E-state index contributed by atoms with van der Waals surface area (Å²) in [5.74, 6) is 0.284. The van der Waals surface area contributed by atoms with Crippen LogP contribution in [0.3, 0.4) is 0 Å². The summed E-state index contributed by atoms with van der Waals surface area (Å²) in [4.78, 5) is 15.0. The second-order valence-corrected chi connectivity index (χ2v) is 10.4. The lowest BCUT2D eigenvalue weighted by molar-refractivity contribution is -0.127. The monoisotopic (exact) mass is 459 g/mol. The van der Waals surface area contributed by atoms with Crippen LogP contribution < -0.4 is 19.3 Å². The molecule has 2 atom stereocenters. The summed E-state index contributed by atoms with van der Waals surface area (Å²) in [5.41, 5.74) is 2.80. The van der Waals surface area contributed by atoms with E-state index in [0.717, 1.165) is 24.9 Å². The molecule has 1 heterocycles. The molecule has 0 aliphatic carbocycles. The number of carbonyl (C=O) groups is 1. The van der Waals surface area contributed by atoms with Crippen LogP contribution >= 0.6 is 0 Å². The van der Waals surface area contributed by atoms with Crippen LogP contribution in [-0.2, 0) is 14.8 Å². The number of hydrogen-bond acceptors (Lipinski definition) is 5. The van der Waals surface area contributed by atoms with Gasteiger partial charge in [0.25, 0.3) is 5.91 Å². The molecule has 32 heavy (non-hydrogen) atoms. The molecule has 1 N–H and O–H groups in total. The second-order valence-electron chi connectivity index (χ2n) is 8.35. The Hall–Kier alpha value is -2.74. The van der Waals surface area contributed by atoms with Gasteiger partial charge < -0.3 is 15.0 Å². The fraction of sp³-hybridized carbons (Fsp3) is 0.458. The van der Waals surface area contributed by atoms with Crippen LogP contribution in [0.4, 0.5) is 11.4 Å². The maximum absolute atomic E-state index is 12.6. The smallest absolute Gasteiger partial charge is 0.261 e. The highest BCUT2D eigenvalue weighted by Crippen LogP contribution is 2.23. The van der Waals surface area contributed by atoms with Gasteiger partial charge in [0.05, 0.1) is 18.0 Å². The molecule has 1 fully saturated rings. The number of amides is 1. The fourth-order valence-corrected chi connectivity index (χ4v) is 4.23. The average molecular weight is 460 g/mol. The zero-order chi connectivity index (χ0) is 23.3. The molecule has 0 aromatic heterocycles. The van der Waals surface area contributed by atoms with E-state index in [2.05, 4.69) is 34.5 Å². The number of hydrogen-bond donors (Lipinski definition) is 1. The molecule has 1 amide bonds. The van der Waals surface area contributed by atoms with Crippen molar-refractivity contribution in [3.63, 3.8) is 0 Å². The molecule has 0 radical (unpaired) electrons. The van der Waals surface area contributed by atoms with Crippen LogP contribution in [0, 0.1) is 0 Å². The Morgan fingerprint density at radius 3 is 2.16 bits per heavy atom. The Bertz CT molecular complexity index is 1000. The number of piperidine rings is 1. The molecule has 3 rings (SSSR count). The van der Waals surface area contributed by atoms with Crippen molar-refractivity contribution < 1.29 is 17.9 Å².